The van der Waals surface area contributed by atoms with Crippen LogP contribution in [0.5, 0.6) is 0 Å². The normalized spacial score (nSPS) is 14.3. The largest absolute Gasteiger partial charge is 0.436 e. The first-order valence-electron chi connectivity index (χ1n) is 45.6. The van der Waals surface area contributed by atoms with Gasteiger partial charge in [0.2, 0.25) is 11.8 Å². The fourth-order valence-corrected chi connectivity index (χ4v) is 116. The molecule has 21 nitrogen and oxygen atoms in total. The molecule has 0 saturated carbocycles. The minimum Gasteiger partial charge on any atom is -0.436 e. The fraction of sp³-hybridized carbons (Fsp3) is 0.886. The Balaban J connectivity index is -0.00000185. The molecule has 0 atom stereocenters. The molecular formula is C79H194N2O19Si20. The number of carbonyl (C=O) groups is 3. The molecule has 714 valence electrons. The quantitative estimate of drug-likeness (QED) is 0.0315. The molecule has 0 aliphatic heterocycles. The highest BCUT2D eigenvalue weighted by molar-refractivity contribution is 6.94. The van der Waals surface area contributed by atoms with Crippen molar-refractivity contribution in [2.75, 3.05) is 26.7 Å². The number of amides is 2. The van der Waals surface area contributed by atoms with Crippen molar-refractivity contribution in [1.82, 2.24) is 9.80 Å². The molecule has 0 aromatic heterocycles. The molecule has 0 aliphatic rings. The molecule has 0 heterocycles. The average Bonchev–Trinajstić information content (AvgIpc) is 0.807. The summed E-state index contributed by atoms with van der Waals surface area (Å²) in [6.07, 6.45) is 19.0. The zero-order chi connectivity index (χ0) is 95.0. The van der Waals surface area contributed by atoms with E-state index in [9.17, 15) is 14.4 Å². The maximum absolute atomic E-state index is 13.0. The number of hydrogen-bond acceptors (Lipinski definition) is 19. The second-order valence-electron chi connectivity index (χ2n) is 43.6. The Hall–Kier alpha value is 1.53. The van der Waals surface area contributed by atoms with Crippen LogP contribution in [0.4, 0.5) is 0 Å². The van der Waals surface area contributed by atoms with E-state index in [4.69, 9.17) is 65.8 Å². The molecule has 0 radical (unpaired) electrons. The molecule has 0 spiro atoms. The summed E-state index contributed by atoms with van der Waals surface area (Å²) < 4.78 is 108. The van der Waals surface area contributed by atoms with Gasteiger partial charge in [-0.05, 0) is 354 Å². The number of unbranched alkanes of at least 4 members (excludes halogenated alkanes) is 5. The SMILES string of the molecule is C=CC(=O)CCCC[Si](C)(C)O[Si](C)(C)O[Si](C)(C)O[Si](C)(C)O[Si](C)(C)CCCC.C=CC(=O)N(C)CCC[Si](C)(C)O[Si](C)(C)O[Si](C)(C)O[Si](C)(C)O[Si](C)(C)CCCC.C=CC(=O)N(CCC[Si](C)(C)O[Si](C)(C)O[Si](C)(C)O[Si](C)(C)O[Si](C)(C)CCCC)CCC[Si](C)(C)O[Si](C)(C)O[Si](C)(C)O[Si](C)(C)O[Si](C)(C)CCCC. The molecule has 0 unspecified atom stereocenters. The van der Waals surface area contributed by atoms with Crippen LogP contribution in [0.15, 0.2) is 38.0 Å². The summed E-state index contributed by atoms with van der Waals surface area (Å²) in [6, 6.07) is 8.52. The highest BCUT2D eigenvalue weighted by Gasteiger charge is 2.51. The number of ketones is 1. The summed E-state index contributed by atoms with van der Waals surface area (Å²) in [5.41, 5.74) is 0. The van der Waals surface area contributed by atoms with Crippen LogP contribution >= 0.6 is 0 Å². The highest BCUT2D eigenvalue weighted by Crippen LogP contribution is 2.36. The maximum Gasteiger partial charge on any atom is 0.314 e. The van der Waals surface area contributed by atoms with Crippen molar-refractivity contribution in [3.8, 4) is 0 Å². The van der Waals surface area contributed by atoms with Gasteiger partial charge in [-0.2, -0.15) is 0 Å². The lowest BCUT2D eigenvalue weighted by Gasteiger charge is -2.42. The van der Waals surface area contributed by atoms with Crippen LogP contribution in [-0.4, -0.2) is 223 Å². The van der Waals surface area contributed by atoms with Gasteiger partial charge in [-0.25, -0.2) is 0 Å². The van der Waals surface area contributed by atoms with Crippen LogP contribution in [0.25, 0.3) is 0 Å². The number of hydrogen-bond donors (Lipinski definition) is 0. The van der Waals surface area contributed by atoms with Crippen molar-refractivity contribution in [1.29, 1.82) is 0 Å². The van der Waals surface area contributed by atoms with Crippen LogP contribution in [0, 0.1) is 0 Å². The van der Waals surface area contributed by atoms with E-state index in [-0.39, 0.29) is 17.6 Å². The van der Waals surface area contributed by atoms with Gasteiger partial charge in [0.05, 0.1) is 0 Å². The van der Waals surface area contributed by atoms with Gasteiger partial charge in [0, 0.05) is 33.1 Å². The number of nitrogens with zero attached hydrogens (tertiary/aromatic N) is 2. The van der Waals surface area contributed by atoms with Crippen molar-refractivity contribution < 1.29 is 80.2 Å². The fourth-order valence-electron chi connectivity index (χ4n) is 16.9. The van der Waals surface area contributed by atoms with Crippen molar-refractivity contribution in [2.24, 2.45) is 0 Å². The molecule has 41 heteroatoms. The number of likely N-dealkylation sites (N-methyl/N-ethyl adjacent to an activating group) is 1. The van der Waals surface area contributed by atoms with E-state index in [2.05, 4.69) is 309 Å². The third-order valence-corrected chi connectivity index (χ3v) is 96.4. The second kappa shape index (κ2) is 52.8. The van der Waals surface area contributed by atoms with Gasteiger partial charge in [0.15, 0.2) is 72.3 Å². The number of rotatable bonds is 64. The predicted molar refractivity (Wildman–Crippen MR) is 563 cm³/mol. The summed E-state index contributed by atoms with van der Waals surface area (Å²) in [5, 5.41) is 0. The minimum atomic E-state index is -2.52. The van der Waals surface area contributed by atoms with E-state index in [0.717, 1.165) is 68.4 Å². The van der Waals surface area contributed by atoms with Crippen molar-refractivity contribution >= 4 is 187 Å². The van der Waals surface area contributed by atoms with Gasteiger partial charge in [-0.15, -0.1) is 0 Å². The second-order valence-corrected chi connectivity index (χ2v) is 122. The van der Waals surface area contributed by atoms with Crippen LogP contribution in [0.2, 0.25) is 310 Å². The number of carbonyl (C=O) groups excluding carboxylic acids is 3. The molecule has 2 amide bonds. The monoisotopic (exact) mass is 2030 g/mol. The van der Waals surface area contributed by atoms with Crippen LogP contribution in [0.3, 0.4) is 0 Å². The Labute approximate surface area is 763 Å². The summed E-state index contributed by atoms with van der Waals surface area (Å²) in [6.45, 7) is 110. The first-order chi connectivity index (χ1) is 53.4. The van der Waals surface area contributed by atoms with Crippen molar-refractivity contribution in [2.45, 2.75) is 428 Å². The highest BCUT2D eigenvalue weighted by atomic mass is 28.5. The average molecular weight is 2040 g/mol. The molecule has 0 aliphatic carbocycles. The topological polar surface area (TPSA) is 205 Å². The maximum atomic E-state index is 13.0. The lowest BCUT2D eigenvalue weighted by molar-refractivity contribution is -0.126. The molecular weight excluding hydrogens is 1840 g/mol. The van der Waals surface area contributed by atoms with E-state index in [1.807, 2.05) is 11.9 Å². The number of allylic oxidation sites excluding steroid dienone is 1. The molecule has 120 heavy (non-hydrogen) atoms. The van der Waals surface area contributed by atoms with Gasteiger partial charge >= 0.3 is 103 Å². The van der Waals surface area contributed by atoms with Gasteiger partial charge in [-0.1, -0.05) is 105 Å². The predicted octanol–water partition coefficient (Wildman–Crippen LogP) is 26.2. The summed E-state index contributed by atoms with van der Waals surface area (Å²) >= 11 is 0. The first-order valence-corrected chi connectivity index (χ1v) is 104. The Bertz CT molecular complexity index is 2930. The zero-order valence-electron chi connectivity index (χ0n) is 86.7. The molecule has 0 N–H and O–H groups in total. The summed E-state index contributed by atoms with van der Waals surface area (Å²) in [7, 11) is -42.2. The summed E-state index contributed by atoms with van der Waals surface area (Å²) in [5.74, 6) is 0.0630. The van der Waals surface area contributed by atoms with E-state index >= 15 is 0 Å². The van der Waals surface area contributed by atoms with Crippen molar-refractivity contribution in [3.05, 3.63) is 38.0 Å². The molecule has 0 fully saturated rings. The Morgan fingerprint density at radius 1 is 0.225 bits per heavy atom. The summed E-state index contributed by atoms with van der Waals surface area (Å²) in [4.78, 5) is 39.7. The van der Waals surface area contributed by atoms with Crippen LogP contribution in [0.1, 0.15) is 118 Å². The Morgan fingerprint density at radius 2 is 0.392 bits per heavy atom. The van der Waals surface area contributed by atoms with E-state index in [1.54, 1.807) is 4.90 Å². The lowest BCUT2D eigenvalue weighted by Crippen LogP contribution is -2.58. The standard InChI is InChI=1S/C37H93NO9Si10.C21H51NO5Si5.C21H50O5Si5/c1-24-27-33-48(4,5)40-52(12,13)44-56(20,21)46-54(16,17)42-50(8,9)35-29-31-38(37(39)26-3)32-30-36-51(10,11)43-55(18,19)47-57(22,23)45-53(14,15)41-49(6,7)34-28-25-2;1-14-16-19-28(4,5)24-30(8,9)26-32(12,13)27-31(10,11)25-29(6,7)20-17-18-22(3)21(23)15-2;1-13-15-19-27(3,4)23-29(7,8)25-31(11,12)26-30(9,10)24-28(5,6)20-17-16-18-21(22)14-2/h26H,3,24-25,27-36H2,1-2,4-23H3;15H,2,14,16-20H2,1,3-13H3;14H,2,13,15-20H2,1,3-12H3. The zero-order valence-corrected chi connectivity index (χ0v) is 107. The third kappa shape index (κ3) is 65.2. The van der Waals surface area contributed by atoms with Crippen LogP contribution < -0.4 is 0 Å². The third-order valence-electron chi connectivity index (χ3n) is 19.0. The molecule has 0 aromatic rings. The van der Waals surface area contributed by atoms with Gasteiger partial charge in [0.1, 0.15) is 0 Å². The van der Waals surface area contributed by atoms with Crippen molar-refractivity contribution in [3.63, 3.8) is 0 Å². The van der Waals surface area contributed by atoms with E-state index in [1.165, 1.54) is 81.7 Å². The Morgan fingerprint density at radius 3 is 0.567 bits per heavy atom. The molecule has 0 rings (SSSR count). The van der Waals surface area contributed by atoms with E-state index in [0.29, 0.717) is 26.1 Å². The van der Waals surface area contributed by atoms with Gasteiger partial charge in [-0.3, -0.25) is 14.4 Å². The lowest BCUT2D eigenvalue weighted by atomic mass is 10.2. The van der Waals surface area contributed by atoms with Crippen LogP contribution in [-0.2, 0) is 80.2 Å². The minimum absolute atomic E-state index is 0.0217. The molecule has 0 bridgehead atoms. The first kappa shape index (κ1) is 126. The van der Waals surface area contributed by atoms with Gasteiger partial charge < -0.3 is 75.6 Å². The molecule has 0 aromatic carbocycles. The Kier molecular flexibility index (Phi) is 55.3. The molecule has 0 saturated heterocycles. The smallest absolute Gasteiger partial charge is 0.314 e. The van der Waals surface area contributed by atoms with Gasteiger partial charge in [0.25, 0.3) is 0 Å². The van der Waals surface area contributed by atoms with E-state index < -0.39 is 169 Å².